The van der Waals surface area contributed by atoms with Gasteiger partial charge in [-0.2, -0.15) is 0 Å². The van der Waals surface area contributed by atoms with Crippen molar-refractivity contribution in [3.63, 3.8) is 0 Å². The Morgan fingerprint density at radius 3 is 2.76 bits per heavy atom. The van der Waals surface area contributed by atoms with Crippen LogP contribution in [0.1, 0.15) is 25.3 Å². The van der Waals surface area contributed by atoms with Crippen LogP contribution >= 0.6 is 0 Å². The number of anilines is 1. The molecule has 116 valence electrons. The number of benzene rings is 1. The third-order valence-corrected chi connectivity index (χ3v) is 5.37. The Balaban J connectivity index is 2.10. The van der Waals surface area contributed by atoms with Crippen LogP contribution in [0.3, 0.4) is 0 Å². The summed E-state index contributed by atoms with van der Waals surface area (Å²) in [6, 6.07) is 4.46. The molecule has 1 aromatic carbocycles. The van der Waals surface area contributed by atoms with Gasteiger partial charge < -0.3 is 10.6 Å². The minimum atomic E-state index is -3.64. The van der Waals surface area contributed by atoms with Crippen molar-refractivity contribution >= 4 is 21.6 Å². The Morgan fingerprint density at radius 2 is 2.14 bits per heavy atom. The molecule has 0 aromatic heterocycles. The molecule has 0 radical (unpaired) electrons. The summed E-state index contributed by atoms with van der Waals surface area (Å²) in [6.07, 6.45) is 1.39. The quantitative estimate of drug-likeness (QED) is 0.789. The second-order valence-corrected chi connectivity index (χ2v) is 7.12. The molecule has 1 saturated heterocycles. The smallest absolute Gasteiger partial charge is 0.241 e. The van der Waals surface area contributed by atoms with Gasteiger partial charge in [0, 0.05) is 31.2 Å². The third-order valence-electron chi connectivity index (χ3n) is 3.64. The number of nitrogens with two attached hydrogens (primary N) is 1. The molecule has 0 aliphatic carbocycles. The van der Waals surface area contributed by atoms with E-state index < -0.39 is 10.0 Å². The summed E-state index contributed by atoms with van der Waals surface area (Å²) in [7, 11) is -3.64. The molecule has 1 fully saturated rings. The fourth-order valence-corrected chi connectivity index (χ4v) is 4.03. The van der Waals surface area contributed by atoms with E-state index in [9.17, 15) is 13.2 Å². The van der Waals surface area contributed by atoms with Crippen LogP contribution in [0.25, 0.3) is 0 Å². The molecular weight excluding hydrogens is 290 g/mol. The molecule has 1 aliphatic rings. The van der Waals surface area contributed by atoms with Crippen LogP contribution in [0.5, 0.6) is 0 Å². The van der Waals surface area contributed by atoms with Crippen LogP contribution < -0.4 is 10.5 Å². The Hall–Kier alpha value is -1.60. The van der Waals surface area contributed by atoms with Gasteiger partial charge in [0.05, 0.1) is 4.90 Å². The zero-order valence-corrected chi connectivity index (χ0v) is 13.1. The molecule has 1 amide bonds. The molecule has 1 unspecified atom stereocenters. The summed E-state index contributed by atoms with van der Waals surface area (Å²) in [5.74, 6) is 0.0844. The van der Waals surface area contributed by atoms with E-state index in [1.54, 1.807) is 30.9 Å². The molecule has 2 rings (SSSR count). The summed E-state index contributed by atoms with van der Waals surface area (Å²) >= 11 is 0. The van der Waals surface area contributed by atoms with E-state index in [-0.39, 0.29) is 16.8 Å². The van der Waals surface area contributed by atoms with Gasteiger partial charge in [0.2, 0.25) is 15.9 Å². The minimum absolute atomic E-state index is 0.0844. The monoisotopic (exact) mass is 311 g/mol. The van der Waals surface area contributed by atoms with Crippen LogP contribution in [-0.2, 0) is 14.8 Å². The Kier molecular flexibility index (Phi) is 4.53. The predicted molar refractivity (Wildman–Crippen MR) is 81.2 cm³/mol. The molecule has 0 saturated carbocycles. The first-order valence-electron chi connectivity index (χ1n) is 6.96. The van der Waals surface area contributed by atoms with Crippen molar-refractivity contribution in [3.05, 3.63) is 23.8 Å². The maximum absolute atomic E-state index is 12.4. The predicted octanol–water partition coefficient (Wildman–Crippen LogP) is 0.866. The number of hydrogen-bond donors (Lipinski definition) is 2. The normalized spacial score (nSPS) is 17.2. The number of likely N-dealkylation sites (tertiary alicyclic amines) is 1. The largest absolute Gasteiger partial charge is 0.398 e. The molecule has 1 atom stereocenters. The van der Waals surface area contributed by atoms with Crippen LogP contribution in [-0.4, -0.2) is 38.4 Å². The second-order valence-electron chi connectivity index (χ2n) is 5.44. The molecule has 0 spiro atoms. The molecule has 1 heterocycles. The molecule has 1 aromatic rings. The van der Waals surface area contributed by atoms with E-state index in [1.165, 1.54) is 6.07 Å². The van der Waals surface area contributed by atoms with Crippen molar-refractivity contribution in [2.24, 2.45) is 0 Å². The van der Waals surface area contributed by atoms with Gasteiger partial charge in [0.15, 0.2) is 0 Å². The number of carbonyl (C=O) groups is 1. The fraction of sp³-hybridized carbons (Fsp3) is 0.500. The Morgan fingerprint density at radius 1 is 1.43 bits per heavy atom. The topological polar surface area (TPSA) is 92.5 Å². The first kappa shape index (κ1) is 15.8. The van der Waals surface area contributed by atoms with Crippen molar-refractivity contribution < 1.29 is 13.2 Å². The lowest BCUT2D eigenvalue weighted by atomic mass is 10.2. The second kappa shape index (κ2) is 6.03. The van der Waals surface area contributed by atoms with E-state index in [2.05, 4.69) is 4.72 Å². The maximum atomic E-state index is 12.4. The van der Waals surface area contributed by atoms with Gasteiger partial charge in [-0.1, -0.05) is 6.07 Å². The lowest BCUT2D eigenvalue weighted by Crippen LogP contribution is -2.42. The standard InChI is InChI=1S/C14H21N3O3S/c1-10(9-17-8-4-7-14(17)18)16-21(19,20)13-6-3-5-12(15)11(13)2/h3,5-6,10,16H,4,7-9,15H2,1-2H3. The van der Waals surface area contributed by atoms with Gasteiger partial charge in [0.25, 0.3) is 0 Å². The van der Waals surface area contributed by atoms with Gasteiger partial charge in [0.1, 0.15) is 0 Å². The zero-order valence-electron chi connectivity index (χ0n) is 12.3. The van der Waals surface area contributed by atoms with Gasteiger partial charge in [-0.05, 0) is 38.0 Å². The highest BCUT2D eigenvalue weighted by Gasteiger charge is 2.25. The highest BCUT2D eigenvalue weighted by atomic mass is 32.2. The van der Waals surface area contributed by atoms with Crippen LogP contribution in [0.4, 0.5) is 5.69 Å². The molecule has 1 aliphatic heterocycles. The fourth-order valence-electron chi connectivity index (χ4n) is 2.52. The maximum Gasteiger partial charge on any atom is 0.241 e. The number of carbonyl (C=O) groups excluding carboxylic acids is 1. The van der Waals surface area contributed by atoms with E-state index >= 15 is 0 Å². The first-order valence-corrected chi connectivity index (χ1v) is 8.45. The molecular formula is C14H21N3O3S. The molecule has 21 heavy (non-hydrogen) atoms. The summed E-state index contributed by atoms with van der Waals surface area (Å²) in [5.41, 5.74) is 6.73. The number of amides is 1. The Bertz CT molecular complexity index is 643. The molecule has 6 nitrogen and oxygen atoms in total. The Labute approximate surface area is 125 Å². The summed E-state index contributed by atoms with van der Waals surface area (Å²) in [4.78, 5) is 13.5. The van der Waals surface area contributed by atoms with Crippen LogP contribution in [0.2, 0.25) is 0 Å². The van der Waals surface area contributed by atoms with E-state index in [4.69, 9.17) is 5.73 Å². The average molecular weight is 311 g/mol. The van der Waals surface area contributed by atoms with Crippen molar-refractivity contribution in [2.45, 2.75) is 37.6 Å². The first-order chi connectivity index (χ1) is 9.81. The lowest BCUT2D eigenvalue weighted by molar-refractivity contribution is -0.127. The average Bonchev–Trinajstić information content (AvgIpc) is 2.77. The summed E-state index contributed by atoms with van der Waals surface area (Å²) < 4.78 is 27.4. The van der Waals surface area contributed by atoms with Crippen molar-refractivity contribution in [3.8, 4) is 0 Å². The SMILES string of the molecule is Cc1c(N)cccc1S(=O)(=O)NC(C)CN1CCCC1=O. The summed E-state index contributed by atoms with van der Waals surface area (Å²) in [5, 5.41) is 0. The van der Waals surface area contributed by atoms with Crippen LogP contribution in [0, 0.1) is 6.92 Å². The van der Waals surface area contributed by atoms with Crippen molar-refractivity contribution in [1.82, 2.24) is 9.62 Å². The molecule has 7 heteroatoms. The number of sulfonamides is 1. The number of nitrogens with one attached hydrogen (secondary N) is 1. The summed E-state index contributed by atoms with van der Waals surface area (Å²) in [6.45, 7) is 4.52. The minimum Gasteiger partial charge on any atom is -0.398 e. The van der Waals surface area contributed by atoms with Crippen molar-refractivity contribution in [1.29, 1.82) is 0 Å². The van der Waals surface area contributed by atoms with Gasteiger partial charge in [-0.3, -0.25) is 4.79 Å². The highest BCUT2D eigenvalue weighted by Crippen LogP contribution is 2.20. The van der Waals surface area contributed by atoms with E-state index in [0.717, 1.165) is 6.42 Å². The molecule has 3 N–H and O–H groups in total. The van der Waals surface area contributed by atoms with E-state index in [1.807, 2.05) is 0 Å². The van der Waals surface area contributed by atoms with E-state index in [0.29, 0.717) is 30.8 Å². The van der Waals surface area contributed by atoms with Crippen molar-refractivity contribution in [2.75, 3.05) is 18.8 Å². The molecule has 0 bridgehead atoms. The van der Waals surface area contributed by atoms with Crippen LogP contribution in [0.15, 0.2) is 23.1 Å². The van der Waals surface area contributed by atoms with Gasteiger partial charge >= 0.3 is 0 Å². The number of nitrogen functional groups attached to an aromatic ring is 1. The number of hydrogen-bond acceptors (Lipinski definition) is 4. The number of rotatable bonds is 5. The highest BCUT2D eigenvalue weighted by molar-refractivity contribution is 7.89. The third kappa shape index (κ3) is 3.54. The van der Waals surface area contributed by atoms with Gasteiger partial charge in [-0.25, -0.2) is 13.1 Å². The lowest BCUT2D eigenvalue weighted by Gasteiger charge is -2.22. The van der Waals surface area contributed by atoms with Gasteiger partial charge in [-0.15, -0.1) is 0 Å². The number of nitrogens with zero attached hydrogens (tertiary/aromatic N) is 1. The zero-order chi connectivity index (χ0) is 15.6.